The van der Waals surface area contributed by atoms with Crippen LogP contribution in [0.15, 0.2) is 53.5 Å². The lowest BCUT2D eigenvalue weighted by Crippen LogP contribution is -2.31. The van der Waals surface area contributed by atoms with E-state index in [0.29, 0.717) is 10.4 Å². The van der Waals surface area contributed by atoms with E-state index < -0.39 is 0 Å². The number of hydrogen-bond donors (Lipinski definition) is 1. The summed E-state index contributed by atoms with van der Waals surface area (Å²) in [6.07, 6.45) is 2.58. The number of halogens is 1. The number of hydrogen-bond acceptors (Lipinski definition) is 2. The minimum absolute atomic E-state index is 0.184. The molecule has 0 saturated carbocycles. The first-order chi connectivity index (χ1) is 12.5. The Labute approximate surface area is 156 Å². The van der Waals surface area contributed by atoms with Crippen molar-refractivity contribution in [3.05, 3.63) is 80.6 Å². The second-order valence-corrected chi connectivity index (χ2v) is 7.33. The van der Waals surface area contributed by atoms with Gasteiger partial charge < -0.3 is 9.88 Å². The number of aromatic nitrogens is 1. The van der Waals surface area contributed by atoms with Gasteiger partial charge in [0.1, 0.15) is 5.56 Å². The normalized spacial score (nSPS) is 16.7. The van der Waals surface area contributed by atoms with E-state index >= 15 is 0 Å². The Hall–Kier alpha value is -2.59. The predicted molar refractivity (Wildman–Crippen MR) is 104 cm³/mol. The van der Waals surface area contributed by atoms with Crippen LogP contribution >= 0.6 is 11.6 Å². The fourth-order valence-corrected chi connectivity index (χ4v) is 3.81. The Bertz CT molecular complexity index is 1070. The summed E-state index contributed by atoms with van der Waals surface area (Å²) in [7, 11) is 0. The third kappa shape index (κ3) is 2.71. The summed E-state index contributed by atoms with van der Waals surface area (Å²) in [6, 6.07) is 13.1. The molecule has 0 spiro atoms. The molecular formula is C21H19ClN2O2. The van der Waals surface area contributed by atoms with Gasteiger partial charge in [-0.2, -0.15) is 0 Å². The Morgan fingerprint density at radius 1 is 1.23 bits per heavy atom. The van der Waals surface area contributed by atoms with Crippen LogP contribution in [-0.4, -0.2) is 10.5 Å². The van der Waals surface area contributed by atoms with Crippen LogP contribution in [0.1, 0.15) is 47.4 Å². The van der Waals surface area contributed by atoms with E-state index in [-0.39, 0.29) is 29.0 Å². The highest BCUT2D eigenvalue weighted by atomic mass is 35.5. The van der Waals surface area contributed by atoms with Crippen LogP contribution < -0.4 is 10.7 Å². The van der Waals surface area contributed by atoms with E-state index in [1.54, 1.807) is 24.4 Å². The number of amides is 1. The SMILES string of the molecule is C[C@H](NC(=O)c1cn2c3c(cccc3c1=O)C[C@@H]2C)c1ccc(Cl)cc1. The minimum Gasteiger partial charge on any atom is -0.345 e. The number of nitrogens with one attached hydrogen (secondary N) is 1. The number of benzene rings is 2. The molecule has 1 amide bonds. The molecule has 1 aliphatic rings. The molecule has 132 valence electrons. The van der Waals surface area contributed by atoms with Crippen LogP contribution in [0.25, 0.3) is 10.9 Å². The van der Waals surface area contributed by atoms with E-state index in [9.17, 15) is 9.59 Å². The predicted octanol–water partition coefficient (Wildman–Crippen LogP) is 4.26. The topological polar surface area (TPSA) is 51.1 Å². The van der Waals surface area contributed by atoms with Gasteiger partial charge in [0.05, 0.1) is 11.6 Å². The summed E-state index contributed by atoms with van der Waals surface area (Å²) < 4.78 is 2.05. The molecule has 3 aromatic rings. The van der Waals surface area contributed by atoms with Gasteiger partial charge in [-0.05, 0) is 49.6 Å². The zero-order chi connectivity index (χ0) is 18.4. The molecule has 2 atom stereocenters. The van der Waals surface area contributed by atoms with Crippen molar-refractivity contribution in [1.29, 1.82) is 0 Å². The summed E-state index contributed by atoms with van der Waals surface area (Å²) in [5, 5.41) is 4.18. The molecule has 2 heterocycles. The number of pyridine rings is 1. The zero-order valence-corrected chi connectivity index (χ0v) is 15.4. The molecule has 4 rings (SSSR count). The van der Waals surface area contributed by atoms with Gasteiger partial charge in [0.2, 0.25) is 5.43 Å². The van der Waals surface area contributed by atoms with Crippen molar-refractivity contribution in [2.75, 3.05) is 0 Å². The second kappa shape index (κ2) is 6.29. The molecule has 0 bridgehead atoms. The fraction of sp³-hybridized carbons (Fsp3) is 0.238. The van der Waals surface area contributed by atoms with E-state index in [1.807, 2.05) is 35.8 Å². The maximum Gasteiger partial charge on any atom is 0.257 e. The van der Waals surface area contributed by atoms with Gasteiger partial charge in [-0.3, -0.25) is 9.59 Å². The minimum atomic E-state index is -0.354. The first kappa shape index (κ1) is 16.9. The van der Waals surface area contributed by atoms with Crippen molar-refractivity contribution < 1.29 is 4.79 Å². The van der Waals surface area contributed by atoms with Crippen molar-refractivity contribution in [3.8, 4) is 0 Å². The van der Waals surface area contributed by atoms with Gasteiger partial charge in [0.15, 0.2) is 0 Å². The quantitative estimate of drug-likeness (QED) is 0.752. The van der Waals surface area contributed by atoms with Gasteiger partial charge in [0, 0.05) is 22.6 Å². The number of rotatable bonds is 3. The van der Waals surface area contributed by atoms with Crippen LogP contribution in [0.3, 0.4) is 0 Å². The monoisotopic (exact) mass is 366 g/mol. The third-order valence-corrected chi connectivity index (χ3v) is 5.34. The standard InChI is InChI=1S/C21H19ClN2O2/c1-12-10-15-4-3-5-17-19(15)24(12)11-18(20(17)25)21(26)23-13(2)14-6-8-16(22)9-7-14/h3-9,11-13H,10H2,1-2H3,(H,23,26)/t12-,13-/m0/s1. The largest absolute Gasteiger partial charge is 0.345 e. The van der Waals surface area contributed by atoms with Crippen molar-refractivity contribution in [1.82, 2.24) is 9.88 Å². The smallest absolute Gasteiger partial charge is 0.257 e. The molecule has 1 aromatic heterocycles. The highest BCUT2D eigenvalue weighted by Crippen LogP contribution is 2.31. The lowest BCUT2D eigenvalue weighted by molar-refractivity contribution is 0.0938. The van der Waals surface area contributed by atoms with Crippen molar-refractivity contribution in [2.45, 2.75) is 32.4 Å². The molecule has 4 nitrogen and oxygen atoms in total. The van der Waals surface area contributed by atoms with Crippen molar-refractivity contribution in [3.63, 3.8) is 0 Å². The molecule has 1 N–H and O–H groups in total. The summed E-state index contributed by atoms with van der Waals surface area (Å²) in [6.45, 7) is 3.99. The summed E-state index contributed by atoms with van der Waals surface area (Å²) in [5.74, 6) is -0.354. The molecular weight excluding hydrogens is 348 g/mol. The summed E-state index contributed by atoms with van der Waals surface area (Å²) in [4.78, 5) is 25.7. The number of para-hydroxylation sites is 1. The molecule has 0 aliphatic carbocycles. The third-order valence-electron chi connectivity index (χ3n) is 5.09. The molecule has 0 unspecified atom stereocenters. The highest BCUT2D eigenvalue weighted by molar-refractivity contribution is 6.30. The van der Waals surface area contributed by atoms with Gasteiger partial charge in [0.25, 0.3) is 5.91 Å². The van der Waals surface area contributed by atoms with E-state index in [1.165, 1.54) is 0 Å². The molecule has 5 heteroatoms. The first-order valence-corrected chi connectivity index (χ1v) is 9.06. The molecule has 0 fully saturated rings. The van der Waals surface area contributed by atoms with Gasteiger partial charge in [-0.25, -0.2) is 0 Å². The summed E-state index contributed by atoms with van der Waals surface area (Å²) >= 11 is 5.91. The zero-order valence-electron chi connectivity index (χ0n) is 14.6. The number of carbonyl (C=O) groups excluding carboxylic acids is 1. The van der Waals surface area contributed by atoms with E-state index in [2.05, 4.69) is 12.2 Å². The molecule has 1 aliphatic heterocycles. The Morgan fingerprint density at radius 2 is 1.96 bits per heavy atom. The molecule has 0 radical (unpaired) electrons. The lowest BCUT2D eigenvalue weighted by atomic mass is 10.1. The number of carbonyl (C=O) groups is 1. The van der Waals surface area contributed by atoms with Gasteiger partial charge in [-0.1, -0.05) is 35.9 Å². The van der Waals surface area contributed by atoms with Gasteiger partial charge >= 0.3 is 0 Å². The van der Waals surface area contributed by atoms with Gasteiger partial charge in [-0.15, -0.1) is 0 Å². The Morgan fingerprint density at radius 3 is 2.69 bits per heavy atom. The van der Waals surface area contributed by atoms with Crippen LogP contribution in [0, 0.1) is 0 Å². The number of nitrogens with zero attached hydrogens (tertiary/aromatic N) is 1. The van der Waals surface area contributed by atoms with E-state index in [4.69, 9.17) is 11.6 Å². The van der Waals surface area contributed by atoms with Crippen molar-refractivity contribution >= 4 is 28.4 Å². The Balaban J connectivity index is 1.71. The second-order valence-electron chi connectivity index (χ2n) is 6.89. The van der Waals surface area contributed by atoms with Crippen LogP contribution in [0.5, 0.6) is 0 Å². The molecule has 2 aromatic carbocycles. The van der Waals surface area contributed by atoms with E-state index in [0.717, 1.165) is 23.1 Å². The average Bonchev–Trinajstić information content (AvgIpc) is 2.94. The van der Waals surface area contributed by atoms with Crippen molar-refractivity contribution in [2.24, 2.45) is 0 Å². The van der Waals surface area contributed by atoms with Crippen LogP contribution in [0.4, 0.5) is 0 Å². The maximum absolute atomic E-state index is 12.9. The average molecular weight is 367 g/mol. The summed E-state index contributed by atoms with van der Waals surface area (Å²) in [5.41, 5.74) is 3.02. The van der Waals surface area contributed by atoms with Crippen LogP contribution in [-0.2, 0) is 6.42 Å². The Kier molecular flexibility index (Phi) is 4.08. The lowest BCUT2D eigenvalue weighted by Gasteiger charge is -2.16. The first-order valence-electron chi connectivity index (χ1n) is 8.69. The molecule has 26 heavy (non-hydrogen) atoms. The molecule has 0 saturated heterocycles. The van der Waals surface area contributed by atoms with Crippen LogP contribution in [0.2, 0.25) is 5.02 Å². The fourth-order valence-electron chi connectivity index (χ4n) is 3.69. The maximum atomic E-state index is 12.9. The highest BCUT2D eigenvalue weighted by Gasteiger charge is 2.24.